The molecule has 1 aromatic heterocycles. The first-order valence-corrected chi connectivity index (χ1v) is 8.68. The van der Waals surface area contributed by atoms with Crippen LogP contribution < -0.4 is 5.32 Å². The van der Waals surface area contributed by atoms with Crippen LogP contribution in [-0.2, 0) is 19.1 Å². The van der Waals surface area contributed by atoms with Gasteiger partial charge in [0.2, 0.25) is 0 Å². The molecule has 1 N–H and O–H groups in total. The Morgan fingerprint density at radius 2 is 1.80 bits per heavy atom. The van der Waals surface area contributed by atoms with Crippen molar-refractivity contribution < 1.29 is 23.9 Å². The number of ether oxygens (including phenoxy) is 2. The summed E-state index contributed by atoms with van der Waals surface area (Å²) in [7, 11) is 0. The molecule has 0 saturated carbocycles. The van der Waals surface area contributed by atoms with E-state index in [9.17, 15) is 14.4 Å². The monoisotopic (exact) mass is 361 g/mol. The van der Waals surface area contributed by atoms with E-state index in [-0.39, 0.29) is 13.0 Å². The third kappa shape index (κ3) is 5.15. The van der Waals surface area contributed by atoms with Crippen LogP contribution in [0.4, 0.5) is 5.69 Å². The van der Waals surface area contributed by atoms with E-state index in [0.29, 0.717) is 10.6 Å². The Morgan fingerprint density at radius 3 is 2.44 bits per heavy atom. The quantitative estimate of drug-likeness (QED) is 0.764. The van der Waals surface area contributed by atoms with Crippen molar-refractivity contribution >= 4 is 34.9 Å². The lowest BCUT2D eigenvalue weighted by molar-refractivity contribution is -0.146. The normalized spacial score (nSPS) is 10.2. The third-order valence-corrected chi connectivity index (χ3v) is 4.34. The number of amides is 1. The fourth-order valence-electron chi connectivity index (χ4n) is 2.01. The predicted molar refractivity (Wildman–Crippen MR) is 95.6 cm³/mol. The fraction of sp³-hybridized carbons (Fsp3) is 0.278. The summed E-state index contributed by atoms with van der Waals surface area (Å²) in [6.07, 6.45) is 0.192. The molecule has 6 nitrogen and oxygen atoms in total. The molecular formula is C18H19NO5S. The standard InChI is InChI=1S/C18H19NO5S/c1-3-16(21)24-11-15(20)19-13-10-14(12-8-6-5-7-9-12)25-17(13)18(22)23-4-2/h5-10H,3-4,11H2,1-2H3,(H,19,20). The van der Waals surface area contributed by atoms with Crippen molar-refractivity contribution in [2.75, 3.05) is 18.5 Å². The minimum atomic E-state index is -0.509. The predicted octanol–water partition coefficient (Wildman–Crippen LogP) is 3.48. The molecule has 2 rings (SSSR count). The Hall–Kier alpha value is -2.67. The first kappa shape index (κ1) is 18.7. The Bertz CT molecular complexity index is 754. The number of hydrogen-bond acceptors (Lipinski definition) is 6. The Kier molecular flexibility index (Phi) is 6.71. The van der Waals surface area contributed by atoms with Crippen molar-refractivity contribution in [3.8, 4) is 10.4 Å². The molecule has 1 heterocycles. The summed E-state index contributed by atoms with van der Waals surface area (Å²) >= 11 is 1.23. The van der Waals surface area contributed by atoms with E-state index >= 15 is 0 Å². The molecule has 7 heteroatoms. The zero-order chi connectivity index (χ0) is 18.2. The topological polar surface area (TPSA) is 81.7 Å². The summed E-state index contributed by atoms with van der Waals surface area (Å²) in [5.74, 6) is -1.48. The van der Waals surface area contributed by atoms with Gasteiger partial charge in [0, 0.05) is 11.3 Å². The highest BCUT2D eigenvalue weighted by molar-refractivity contribution is 7.18. The van der Waals surface area contributed by atoms with Gasteiger partial charge in [-0.05, 0) is 18.6 Å². The average molecular weight is 361 g/mol. The van der Waals surface area contributed by atoms with E-state index in [0.717, 1.165) is 10.4 Å². The number of nitrogens with one attached hydrogen (secondary N) is 1. The maximum Gasteiger partial charge on any atom is 0.350 e. The molecule has 0 bridgehead atoms. The summed E-state index contributed by atoms with van der Waals surface area (Å²) < 4.78 is 9.85. The van der Waals surface area contributed by atoms with E-state index in [1.165, 1.54) is 11.3 Å². The molecule has 0 saturated heterocycles. The highest BCUT2D eigenvalue weighted by Crippen LogP contribution is 2.35. The number of hydrogen-bond donors (Lipinski definition) is 1. The van der Waals surface area contributed by atoms with Crippen LogP contribution in [-0.4, -0.2) is 31.1 Å². The highest BCUT2D eigenvalue weighted by atomic mass is 32.1. The van der Waals surface area contributed by atoms with Crippen molar-refractivity contribution in [2.24, 2.45) is 0 Å². The number of esters is 2. The van der Waals surface area contributed by atoms with Gasteiger partial charge >= 0.3 is 11.9 Å². The lowest BCUT2D eigenvalue weighted by Crippen LogP contribution is -2.21. The Balaban J connectivity index is 2.22. The van der Waals surface area contributed by atoms with Crippen LogP contribution in [0.5, 0.6) is 0 Å². The van der Waals surface area contributed by atoms with Gasteiger partial charge in [0.25, 0.3) is 5.91 Å². The molecule has 2 aromatic rings. The number of rotatable bonds is 7. The molecule has 0 spiro atoms. The summed E-state index contributed by atoms with van der Waals surface area (Å²) in [5.41, 5.74) is 1.27. The smallest absolute Gasteiger partial charge is 0.350 e. The Labute approximate surface area is 149 Å². The van der Waals surface area contributed by atoms with E-state index in [4.69, 9.17) is 9.47 Å². The SMILES string of the molecule is CCOC(=O)c1sc(-c2ccccc2)cc1NC(=O)COC(=O)CC. The average Bonchev–Trinajstić information content (AvgIpc) is 3.04. The summed E-state index contributed by atoms with van der Waals surface area (Å²) in [6.45, 7) is 3.19. The van der Waals surface area contributed by atoms with Gasteiger partial charge in [-0.1, -0.05) is 37.3 Å². The number of carbonyl (C=O) groups excluding carboxylic acids is 3. The first-order valence-electron chi connectivity index (χ1n) is 7.87. The van der Waals surface area contributed by atoms with Gasteiger partial charge < -0.3 is 14.8 Å². The minimum absolute atomic E-state index is 0.192. The van der Waals surface area contributed by atoms with Crippen LogP contribution in [0, 0.1) is 0 Å². The fourth-order valence-corrected chi connectivity index (χ4v) is 3.02. The molecule has 0 aliphatic carbocycles. The largest absolute Gasteiger partial charge is 0.462 e. The molecule has 0 aliphatic heterocycles. The third-order valence-electron chi connectivity index (χ3n) is 3.18. The van der Waals surface area contributed by atoms with Crippen LogP contribution in [0.2, 0.25) is 0 Å². The summed E-state index contributed by atoms with van der Waals surface area (Å²) in [5, 5.41) is 2.61. The van der Waals surface area contributed by atoms with E-state index in [1.807, 2.05) is 30.3 Å². The number of benzene rings is 1. The van der Waals surface area contributed by atoms with Crippen molar-refractivity contribution in [1.82, 2.24) is 0 Å². The number of carbonyl (C=O) groups is 3. The van der Waals surface area contributed by atoms with Crippen molar-refractivity contribution in [3.63, 3.8) is 0 Å². The summed E-state index contributed by atoms with van der Waals surface area (Å²) in [4.78, 5) is 36.4. The number of anilines is 1. The minimum Gasteiger partial charge on any atom is -0.462 e. The van der Waals surface area contributed by atoms with Crippen molar-refractivity contribution in [1.29, 1.82) is 0 Å². The first-order chi connectivity index (χ1) is 12.0. The molecule has 0 atom stereocenters. The zero-order valence-corrected chi connectivity index (χ0v) is 14.9. The number of thiophene rings is 1. The van der Waals surface area contributed by atoms with Crippen LogP contribution in [0.3, 0.4) is 0 Å². The van der Waals surface area contributed by atoms with Gasteiger partial charge in [0.1, 0.15) is 4.88 Å². The lowest BCUT2D eigenvalue weighted by atomic mass is 10.2. The highest BCUT2D eigenvalue weighted by Gasteiger charge is 2.20. The van der Waals surface area contributed by atoms with Gasteiger partial charge in [0.15, 0.2) is 6.61 Å². The van der Waals surface area contributed by atoms with Gasteiger partial charge in [0.05, 0.1) is 12.3 Å². The van der Waals surface area contributed by atoms with Crippen molar-refractivity contribution in [2.45, 2.75) is 20.3 Å². The van der Waals surface area contributed by atoms with Crippen LogP contribution in [0.1, 0.15) is 29.9 Å². The lowest BCUT2D eigenvalue weighted by Gasteiger charge is -2.06. The Morgan fingerprint density at radius 1 is 1.08 bits per heavy atom. The van der Waals surface area contributed by atoms with Gasteiger partial charge in [-0.3, -0.25) is 9.59 Å². The van der Waals surface area contributed by atoms with Crippen LogP contribution >= 0.6 is 11.3 Å². The molecule has 25 heavy (non-hydrogen) atoms. The van der Waals surface area contributed by atoms with E-state index < -0.39 is 24.5 Å². The second kappa shape index (κ2) is 8.98. The molecule has 0 radical (unpaired) electrons. The van der Waals surface area contributed by atoms with E-state index in [1.54, 1.807) is 19.9 Å². The second-order valence-corrected chi connectivity index (χ2v) is 6.05. The molecule has 1 aromatic carbocycles. The van der Waals surface area contributed by atoms with Gasteiger partial charge in [-0.2, -0.15) is 0 Å². The molecular weight excluding hydrogens is 342 g/mol. The molecule has 0 fully saturated rings. The summed E-state index contributed by atoms with van der Waals surface area (Å²) in [6, 6.07) is 11.2. The van der Waals surface area contributed by atoms with Gasteiger partial charge in [-0.25, -0.2) is 4.79 Å². The maximum atomic E-state index is 12.2. The molecule has 1 amide bonds. The zero-order valence-electron chi connectivity index (χ0n) is 14.0. The molecule has 132 valence electrons. The molecule has 0 aliphatic rings. The van der Waals surface area contributed by atoms with Crippen molar-refractivity contribution in [3.05, 3.63) is 41.3 Å². The second-order valence-electron chi connectivity index (χ2n) is 5.00. The van der Waals surface area contributed by atoms with E-state index in [2.05, 4.69) is 5.32 Å². The van der Waals surface area contributed by atoms with Gasteiger partial charge in [-0.15, -0.1) is 11.3 Å². The molecule has 0 unspecified atom stereocenters. The van der Waals surface area contributed by atoms with Crippen LogP contribution in [0.15, 0.2) is 36.4 Å². The van der Waals surface area contributed by atoms with Crippen LogP contribution in [0.25, 0.3) is 10.4 Å². The maximum absolute atomic E-state index is 12.2.